The summed E-state index contributed by atoms with van der Waals surface area (Å²) in [7, 11) is 0. The number of alkyl halides is 3. The largest absolute Gasteiger partial charge is 0.438 e. The van der Waals surface area contributed by atoms with Crippen molar-refractivity contribution in [3.8, 4) is 0 Å². The Hall–Kier alpha value is -1.92. The smallest absolute Gasteiger partial charge is 0.345 e. The summed E-state index contributed by atoms with van der Waals surface area (Å²) in [5.41, 5.74) is -1.11. The minimum Gasteiger partial charge on any atom is -0.345 e. The zero-order valence-electron chi connectivity index (χ0n) is 7.35. The first-order valence-electron chi connectivity index (χ1n) is 3.80. The van der Waals surface area contributed by atoms with E-state index < -0.39 is 11.9 Å². The molecule has 2 aromatic rings. The third-order valence-corrected chi connectivity index (χ3v) is 1.22. The standard InChI is InChI=1S/C5H5N.C3HF3N2O/c1-2-4-6-5-3-1;4-3(5,6)2-1-9-8-7-2/h1-5H;1H. The molecular formula is C8H6F3N3O. The predicted molar refractivity (Wildman–Crippen MR) is 43.5 cm³/mol. The molecule has 0 amide bonds. The number of hydrogen-bond donors (Lipinski definition) is 0. The number of pyridine rings is 1. The van der Waals surface area contributed by atoms with E-state index in [1.807, 2.05) is 18.2 Å². The zero-order valence-corrected chi connectivity index (χ0v) is 7.35. The van der Waals surface area contributed by atoms with Crippen LogP contribution in [0.15, 0.2) is 41.4 Å². The van der Waals surface area contributed by atoms with E-state index in [2.05, 4.69) is 19.9 Å². The average molecular weight is 217 g/mol. The van der Waals surface area contributed by atoms with Gasteiger partial charge < -0.3 is 4.52 Å². The highest BCUT2D eigenvalue weighted by Crippen LogP contribution is 2.26. The Morgan fingerprint density at radius 2 is 1.73 bits per heavy atom. The number of halogens is 3. The second-order valence-corrected chi connectivity index (χ2v) is 2.31. The van der Waals surface area contributed by atoms with E-state index >= 15 is 0 Å². The highest BCUT2D eigenvalue weighted by molar-refractivity contribution is 4.93. The maximum atomic E-state index is 11.5. The van der Waals surface area contributed by atoms with Crippen LogP contribution in [-0.2, 0) is 6.18 Å². The Bertz CT molecular complexity index is 334. The summed E-state index contributed by atoms with van der Waals surface area (Å²) >= 11 is 0. The van der Waals surface area contributed by atoms with Gasteiger partial charge in [0.15, 0.2) is 6.26 Å². The number of rotatable bonds is 0. The van der Waals surface area contributed by atoms with Gasteiger partial charge in [-0.3, -0.25) is 4.98 Å². The molecule has 4 nitrogen and oxygen atoms in total. The number of aromatic nitrogens is 3. The fourth-order valence-electron chi connectivity index (χ4n) is 0.601. The SMILES string of the molecule is FC(F)(F)c1conn1.c1ccncc1. The van der Waals surface area contributed by atoms with E-state index in [4.69, 9.17) is 0 Å². The minimum absolute atomic E-state index is 0.444. The lowest BCUT2D eigenvalue weighted by atomic mass is 10.5. The normalized spacial score (nSPS) is 10.3. The fraction of sp³-hybridized carbons (Fsp3) is 0.125. The molecule has 15 heavy (non-hydrogen) atoms. The van der Waals surface area contributed by atoms with Crippen molar-refractivity contribution in [3.63, 3.8) is 0 Å². The van der Waals surface area contributed by atoms with Gasteiger partial charge in [-0.25, -0.2) is 0 Å². The van der Waals surface area contributed by atoms with Crippen LogP contribution in [0.1, 0.15) is 5.69 Å². The van der Waals surface area contributed by atoms with Crippen LogP contribution in [0.3, 0.4) is 0 Å². The highest BCUT2D eigenvalue weighted by atomic mass is 19.4. The van der Waals surface area contributed by atoms with Crippen LogP contribution >= 0.6 is 0 Å². The summed E-state index contributed by atoms with van der Waals surface area (Å²) in [4.78, 5) is 3.78. The van der Waals surface area contributed by atoms with Gasteiger partial charge in [0.25, 0.3) is 0 Å². The van der Waals surface area contributed by atoms with Crippen molar-refractivity contribution in [2.75, 3.05) is 0 Å². The molecule has 0 aromatic carbocycles. The van der Waals surface area contributed by atoms with Crippen LogP contribution in [-0.4, -0.2) is 15.4 Å². The van der Waals surface area contributed by atoms with Gasteiger partial charge in [-0.1, -0.05) is 6.07 Å². The molecular weight excluding hydrogens is 211 g/mol. The van der Waals surface area contributed by atoms with Crippen LogP contribution in [0.4, 0.5) is 13.2 Å². The summed E-state index contributed by atoms with van der Waals surface area (Å²) in [5.74, 6) is 0. The van der Waals surface area contributed by atoms with Crippen molar-refractivity contribution in [2.45, 2.75) is 6.18 Å². The summed E-state index contributed by atoms with van der Waals surface area (Å²) in [6, 6.07) is 5.72. The monoisotopic (exact) mass is 217 g/mol. The highest BCUT2D eigenvalue weighted by Gasteiger charge is 2.34. The number of hydrogen-bond acceptors (Lipinski definition) is 4. The summed E-state index contributed by atoms with van der Waals surface area (Å²) in [6.07, 6.45) is -0.500. The first kappa shape index (κ1) is 11.2. The molecule has 7 heteroatoms. The molecule has 0 radical (unpaired) electrons. The molecule has 0 N–H and O–H groups in total. The van der Waals surface area contributed by atoms with E-state index in [1.54, 1.807) is 12.4 Å². The molecule has 0 bridgehead atoms. The van der Waals surface area contributed by atoms with Gasteiger partial charge in [0.1, 0.15) is 0 Å². The Kier molecular flexibility index (Phi) is 3.78. The maximum absolute atomic E-state index is 11.5. The molecule has 2 rings (SSSR count). The van der Waals surface area contributed by atoms with Gasteiger partial charge in [0.2, 0.25) is 5.69 Å². The first-order chi connectivity index (χ1) is 7.11. The Morgan fingerprint density at radius 1 is 1.07 bits per heavy atom. The zero-order chi connectivity index (χ0) is 11.1. The molecule has 2 aromatic heterocycles. The lowest BCUT2D eigenvalue weighted by Crippen LogP contribution is -2.04. The predicted octanol–water partition coefficient (Wildman–Crippen LogP) is 2.17. The molecule has 0 fully saturated rings. The van der Waals surface area contributed by atoms with Gasteiger partial charge in [0, 0.05) is 17.7 Å². The third kappa shape index (κ3) is 4.21. The molecule has 2 heterocycles. The fourth-order valence-corrected chi connectivity index (χ4v) is 0.601. The Morgan fingerprint density at radius 3 is 1.93 bits per heavy atom. The van der Waals surface area contributed by atoms with Crippen molar-refractivity contribution in [2.24, 2.45) is 0 Å². The Labute approximate surface area is 82.7 Å². The van der Waals surface area contributed by atoms with Crippen LogP contribution in [0, 0.1) is 0 Å². The van der Waals surface area contributed by atoms with Gasteiger partial charge in [-0.15, -0.1) is 5.10 Å². The first-order valence-corrected chi connectivity index (χ1v) is 3.80. The van der Waals surface area contributed by atoms with E-state index in [1.165, 1.54) is 0 Å². The van der Waals surface area contributed by atoms with Crippen LogP contribution < -0.4 is 0 Å². The van der Waals surface area contributed by atoms with Crippen molar-refractivity contribution in [1.82, 2.24) is 15.4 Å². The molecule has 80 valence electrons. The van der Waals surface area contributed by atoms with E-state index in [0.717, 1.165) is 0 Å². The summed E-state index contributed by atoms with van der Waals surface area (Å²) in [6.45, 7) is 0. The molecule has 0 aliphatic rings. The summed E-state index contributed by atoms with van der Waals surface area (Å²) in [5, 5.41) is 5.29. The minimum atomic E-state index is -4.44. The van der Waals surface area contributed by atoms with Crippen LogP contribution in [0.25, 0.3) is 0 Å². The van der Waals surface area contributed by atoms with E-state index in [0.29, 0.717) is 6.26 Å². The quantitative estimate of drug-likeness (QED) is 0.678. The van der Waals surface area contributed by atoms with Crippen molar-refractivity contribution < 1.29 is 17.7 Å². The topological polar surface area (TPSA) is 51.8 Å². The molecule has 0 saturated heterocycles. The molecule has 0 aliphatic carbocycles. The van der Waals surface area contributed by atoms with Crippen LogP contribution in [0.5, 0.6) is 0 Å². The summed E-state index contributed by atoms with van der Waals surface area (Å²) < 4.78 is 38.2. The maximum Gasteiger partial charge on any atom is 0.438 e. The van der Waals surface area contributed by atoms with Gasteiger partial charge in [0.05, 0.1) is 0 Å². The molecule has 0 saturated carbocycles. The molecule has 0 aliphatic heterocycles. The molecule has 0 atom stereocenters. The van der Waals surface area contributed by atoms with E-state index in [9.17, 15) is 13.2 Å². The van der Waals surface area contributed by atoms with Gasteiger partial charge >= 0.3 is 6.18 Å². The molecule has 0 spiro atoms. The number of nitrogens with zero attached hydrogens (tertiary/aromatic N) is 3. The van der Waals surface area contributed by atoms with Gasteiger partial charge in [-0.2, -0.15) is 13.2 Å². The third-order valence-electron chi connectivity index (χ3n) is 1.22. The molecule has 0 unspecified atom stereocenters. The van der Waals surface area contributed by atoms with Gasteiger partial charge in [-0.05, 0) is 12.1 Å². The second kappa shape index (κ2) is 5.08. The van der Waals surface area contributed by atoms with Crippen molar-refractivity contribution >= 4 is 0 Å². The van der Waals surface area contributed by atoms with Crippen molar-refractivity contribution in [1.29, 1.82) is 0 Å². The van der Waals surface area contributed by atoms with Crippen molar-refractivity contribution in [3.05, 3.63) is 42.5 Å². The second-order valence-electron chi connectivity index (χ2n) is 2.31. The lowest BCUT2D eigenvalue weighted by Gasteiger charge is -1.96. The lowest BCUT2D eigenvalue weighted by molar-refractivity contribution is -0.141. The van der Waals surface area contributed by atoms with Crippen LogP contribution in [0.2, 0.25) is 0 Å². The average Bonchev–Trinajstić information content (AvgIpc) is 2.73. The van der Waals surface area contributed by atoms with E-state index in [-0.39, 0.29) is 0 Å². The Balaban J connectivity index is 0.000000162.